The van der Waals surface area contributed by atoms with Crippen molar-refractivity contribution in [2.75, 3.05) is 13.2 Å². The molecular weight excluding hydrogens is 228 g/mol. The van der Waals surface area contributed by atoms with Gasteiger partial charge in [-0.15, -0.1) is 0 Å². The Labute approximate surface area is 110 Å². The molecule has 2 fully saturated rings. The first-order valence-corrected chi connectivity index (χ1v) is 7.47. The standard InChI is InChI=1S/C15H26O3/c1-2-12-3-7-15(8-4-12,14(16)17)11-13-5-9-18-10-6-13/h12-13H,2-11H2,1H3,(H,16,17). The number of carbonyl (C=O) groups is 1. The Kier molecular flexibility index (Phi) is 4.66. The largest absolute Gasteiger partial charge is 0.481 e. The molecule has 104 valence electrons. The molecule has 0 radical (unpaired) electrons. The summed E-state index contributed by atoms with van der Waals surface area (Å²) in [6.07, 6.45) is 8.15. The molecule has 1 saturated carbocycles. The van der Waals surface area contributed by atoms with Gasteiger partial charge in [0, 0.05) is 13.2 Å². The van der Waals surface area contributed by atoms with Gasteiger partial charge >= 0.3 is 5.97 Å². The number of hydrogen-bond donors (Lipinski definition) is 1. The summed E-state index contributed by atoms with van der Waals surface area (Å²) in [5, 5.41) is 9.65. The first-order valence-electron chi connectivity index (χ1n) is 7.47. The fraction of sp³-hybridized carbons (Fsp3) is 0.933. The maximum absolute atomic E-state index is 11.7. The summed E-state index contributed by atoms with van der Waals surface area (Å²) in [7, 11) is 0. The zero-order valence-corrected chi connectivity index (χ0v) is 11.5. The van der Waals surface area contributed by atoms with Crippen molar-refractivity contribution in [3.05, 3.63) is 0 Å². The highest BCUT2D eigenvalue weighted by Crippen LogP contribution is 2.45. The van der Waals surface area contributed by atoms with Crippen molar-refractivity contribution in [1.82, 2.24) is 0 Å². The molecule has 0 aromatic carbocycles. The van der Waals surface area contributed by atoms with E-state index in [4.69, 9.17) is 4.74 Å². The van der Waals surface area contributed by atoms with Gasteiger partial charge in [-0.05, 0) is 56.8 Å². The Hall–Kier alpha value is -0.570. The molecular formula is C15H26O3. The molecule has 2 aliphatic rings. The number of carboxylic acid groups (broad SMARTS) is 1. The molecule has 1 N–H and O–H groups in total. The predicted molar refractivity (Wildman–Crippen MR) is 70.5 cm³/mol. The maximum atomic E-state index is 11.7. The molecule has 0 bridgehead atoms. The van der Waals surface area contributed by atoms with E-state index in [0.29, 0.717) is 5.92 Å². The number of hydrogen-bond acceptors (Lipinski definition) is 2. The second-order valence-electron chi connectivity index (χ2n) is 6.20. The van der Waals surface area contributed by atoms with E-state index in [-0.39, 0.29) is 0 Å². The molecule has 1 heterocycles. The van der Waals surface area contributed by atoms with Gasteiger partial charge in [0.25, 0.3) is 0 Å². The van der Waals surface area contributed by atoms with Crippen LogP contribution in [0.2, 0.25) is 0 Å². The van der Waals surface area contributed by atoms with Crippen molar-refractivity contribution in [2.24, 2.45) is 17.3 Å². The minimum absolute atomic E-state index is 0.423. The molecule has 1 aliphatic heterocycles. The SMILES string of the molecule is CCC1CCC(CC2CCOCC2)(C(=O)O)CC1. The summed E-state index contributed by atoms with van der Waals surface area (Å²) in [5.74, 6) is 0.767. The molecule has 0 atom stereocenters. The number of aliphatic carboxylic acids is 1. The molecule has 1 saturated heterocycles. The molecule has 0 spiro atoms. The normalized spacial score (nSPS) is 34.4. The third-order valence-corrected chi connectivity index (χ3v) is 5.11. The van der Waals surface area contributed by atoms with Gasteiger partial charge in [-0.1, -0.05) is 13.3 Å². The van der Waals surface area contributed by atoms with Gasteiger partial charge < -0.3 is 9.84 Å². The second kappa shape index (κ2) is 6.05. The Morgan fingerprint density at radius 1 is 1.17 bits per heavy atom. The zero-order chi connectivity index (χ0) is 13.0. The van der Waals surface area contributed by atoms with E-state index in [0.717, 1.165) is 64.1 Å². The summed E-state index contributed by atoms with van der Waals surface area (Å²) < 4.78 is 5.37. The van der Waals surface area contributed by atoms with E-state index in [1.165, 1.54) is 6.42 Å². The van der Waals surface area contributed by atoms with E-state index >= 15 is 0 Å². The van der Waals surface area contributed by atoms with Gasteiger partial charge in [0.15, 0.2) is 0 Å². The van der Waals surface area contributed by atoms with Crippen LogP contribution < -0.4 is 0 Å². The maximum Gasteiger partial charge on any atom is 0.309 e. The second-order valence-corrected chi connectivity index (χ2v) is 6.20. The third-order valence-electron chi connectivity index (χ3n) is 5.11. The van der Waals surface area contributed by atoms with Crippen LogP contribution in [0.1, 0.15) is 58.3 Å². The van der Waals surface area contributed by atoms with Crippen molar-refractivity contribution >= 4 is 5.97 Å². The molecule has 0 aromatic heterocycles. The van der Waals surface area contributed by atoms with Crippen LogP contribution in [0.5, 0.6) is 0 Å². The number of ether oxygens (including phenoxy) is 1. The summed E-state index contributed by atoms with van der Waals surface area (Å²) in [6, 6.07) is 0. The van der Waals surface area contributed by atoms with Crippen LogP contribution in [0.4, 0.5) is 0 Å². The van der Waals surface area contributed by atoms with Crippen LogP contribution >= 0.6 is 0 Å². The Bertz CT molecular complexity index is 273. The van der Waals surface area contributed by atoms with Crippen molar-refractivity contribution in [1.29, 1.82) is 0 Å². The Morgan fingerprint density at radius 3 is 2.28 bits per heavy atom. The van der Waals surface area contributed by atoms with E-state index in [1.807, 2.05) is 0 Å². The summed E-state index contributed by atoms with van der Waals surface area (Å²) in [5.41, 5.74) is -0.423. The lowest BCUT2D eigenvalue weighted by Crippen LogP contribution is -2.38. The molecule has 18 heavy (non-hydrogen) atoms. The lowest BCUT2D eigenvalue weighted by Gasteiger charge is -2.39. The molecule has 2 rings (SSSR count). The Balaban J connectivity index is 1.96. The van der Waals surface area contributed by atoms with Crippen molar-refractivity contribution < 1.29 is 14.6 Å². The lowest BCUT2D eigenvalue weighted by atomic mass is 9.65. The van der Waals surface area contributed by atoms with Crippen LogP contribution in [0.3, 0.4) is 0 Å². The number of rotatable bonds is 4. The van der Waals surface area contributed by atoms with E-state index in [2.05, 4.69) is 6.92 Å². The van der Waals surface area contributed by atoms with E-state index in [9.17, 15) is 9.90 Å². The van der Waals surface area contributed by atoms with Gasteiger partial charge in [0.2, 0.25) is 0 Å². The topological polar surface area (TPSA) is 46.5 Å². The summed E-state index contributed by atoms with van der Waals surface area (Å²) >= 11 is 0. The summed E-state index contributed by atoms with van der Waals surface area (Å²) in [6.45, 7) is 3.85. The van der Waals surface area contributed by atoms with Crippen LogP contribution in [-0.4, -0.2) is 24.3 Å². The van der Waals surface area contributed by atoms with E-state index in [1.54, 1.807) is 0 Å². The monoisotopic (exact) mass is 254 g/mol. The fourth-order valence-electron chi connectivity index (χ4n) is 3.65. The average Bonchev–Trinajstić information content (AvgIpc) is 2.40. The quantitative estimate of drug-likeness (QED) is 0.835. The average molecular weight is 254 g/mol. The van der Waals surface area contributed by atoms with Gasteiger partial charge in [-0.3, -0.25) is 4.79 Å². The van der Waals surface area contributed by atoms with Crippen LogP contribution in [0.15, 0.2) is 0 Å². The Morgan fingerprint density at radius 2 is 1.78 bits per heavy atom. The van der Waals surface area contributed by atoms with Crippen molar-refractivity contribution in [2.45, 2.75) is 58.3 Å². The molecule has 3 nitrogen and oxygen atoms in total. The molecule has 0 amide bonds. The van der Waals surface area contributed by atoms with Crippen LogP contribution in [0, 0.1) is 17.3 Å². The van der Waals surface area contributed by atoms with E-state index < -0.39 is 11.4 Å². The van der Waals surface area contributed by atoms with Crippen LogP contribution in [-0.2, 0) is 9.53 Å². The first-order chi connectivity index (χ1) is 8.66. The fourth-order valence-corrected chi connectivity index (χ4v) is 3.65. The minimum Gasteiger partial charge on any atom is -0.481 e. The first kappa shape index (κ1) is 13.9. The molecule has 0 aromatic rings. The summed E-state index contributed by atoms with van der Waals surface area (Å²) in [4.78, 5) is 11.7. The minimum atomic E-state index is -0.552. The molecule has 0 unspecified atom stereocenters. The molecule has 1 aliphatic carbocycles. The van der Waals surface area contributed by atoms with Gasteiger partial charge in [-0.2, -0.15) is 0 Å². The van der Waals surface area contributed by atoms with Crippen LogP contribution in [0.25, 0.3) is 0 Å². The van der Waals surface area contributed by atoms with Crippen molar-refractivity contribution in [3.8, 4) is 0 Å². The highest BCUT2D eigenvalue weighted by molar-refractivity contribution is 5.74. The van der Waals surface area contributed by atoms with Gasteiger partial charge in [-0.25, -0.2) is 0 Å². The molecule has 3 heteroatoms. The zero-order valence-electron chi connectivity index (χ0n) is 11.5. The third kappa shape index (κ3) is 3.05. The highest BCUT2D eigenvalue weighted by atomic mass is 16.5. The highest BCUT2D eigenvalue weighted by Gasteiger charge is 2.43. The predicted octanol–water partition coefficient (Wildman–Crippen LogP) is 3.47. The number of carboxylic acids is 1. The lowest BCUT2D eigenvalue weighted by molar-refractivity contribution is -0.153. The van der Waals surface area contributed by atoms with Gasteiger partial charge in [0.1, 0.15) is 0 Å². The van der Waals surface area contributed by atoms with Crippen molar-refractivity contribution in [3.63, 3.8) is 0 Å². The van der Waals surface area contributed by atoms with Gasteiger partial charge in [0.05, 0.1) is 5.41 Å². The smallest absolute Gasteiger partial charge is 0.309 e.